The molecule has 1 saturated heterocycles. The Labute approximate surface area is 141 Å². The number of ether oxygens (including phenoxy) is 1. The smallest absolute Gasteiger partial charge is 0.260 e. The molecule has 0 saturated carbocycles. The van der Waals surface area contributed by atoms with Crippen LogP contribution in [0.4, 0.5) is 0 Å². The molecule has 0 unspecified atom stereocenters. The van der Waals surface area contributed by atoms with Gasteiger partial charge in [-0.3, -0.25) is 9.78 Å². The third-order valence-corrected chi connectivity index (χ3v) is 4.58. The van der Waals surface area contributed by atoms with Crippen LogP contribution in [0.1, 0.15) is 20.3 Å². The van der Waals surface area contributed by atoms with Gasteiger partial charge < -0.3 is 9.64 Å². The van der Waals surface area contributed by atoms with E-state index < -0.39 is 0 Å². The lowest BCUT2D eigenvalue weighted by molar-refractivity contribution is -0.136. The van der Waals surface area contributed by atoms with E-state index in [0.717, 1.165) is 18.5 Å². The van der Waals surface area contributed by atoms with Gasteiger partial charge in [0.25, 0.3) is 5.91 Å². The first-order valence-corrected chi connectivity index (χ1v) is 8.36. The van der Waals surface area contributed by atoms with Crippen LogP contribution in [0.25, 0.3) is 10.9 Å². The molecule has 5 heteroatoms. The zero-order valence-corrected chi connectivity index (χ0v) is 14.2. The van der Waals surface area contributed by atoms with Gasteiger partial charge in [0.15, 0.2) is 6.61 Å². The van der Waals surface area contributed by atoms with Gasteiger partial charge in [0.1, 0.15) is 11.3 Å². The van der Waals surface area contributed by atoms with Gasteiger partial charge in [0, 0.05) is 24.7 Å². The summed E-state index contributed by atoms with van der Waals surface area (Å²) in [6.07, 6.45) is 2.87. The molecule has 2 heterocycles. The Hall–Kier alpha value is -1.81. The average molecular weight is 333 g/mol. The van der Waals surface area contributed by atoms with Gasteiger partial charge in [-0.25, -0.2) is 0 Å². The van der Waals surface area contributed by atoms with E-state index in [0.29, 0.717) is 28.1 Å². The number of hydrogen-bond acceptors (Lipinski definition) is 3. The molecule has 1 aliphatic rings. The number of amides is 1. The number of rotatable bonds is 3. The molecule has 1 aromatic carbocycles. The van der Waals surface area contributed by atoms with Gasteiger partial charge in [-0.2, -0.15) is 0 Å². The third kappa shape index (κ3) is 3.58. The topological polar surface area (TPSA) is 42.4 Å². The maximum Gasteiger partial charge on any atom is 0.260 e. The van der Waals surface area contributed by atoms with Crippen LogP contribution in [-0.2, 0) is 4.79 Å². The average Bonchev–Trinajstić information content (AvgIpc) is 2.53. The lowest BCUT2D eigenvalue weighted by atomic mass is 9.92. The number of carbonyl (C=O) groups is 1. The van der Waals surface area contributed by atoms with Gasteiger partial charge in [-0.1, -0.05) is 25.4 Å². The summed E-state index contributed by atoms with van der Waals surface area (Å²) in [4.78, 5) is 18.6. The molecule has 1 aromatic heterocycles. The molecule has 0 radical (unpaired) electrons. The standard InChI is InChI=1S/C18H21ClN2O2/c1-12-8-13(2)10-21(9-12)17(22)11-23-16-6-5-15(19)14-4-3-7-20-18(14)16/h3-7,12-13H,8-11H2,1-2H3/t12-,13+. The van der Waals surface area contributed by atoms with Crippen molar-refractivity contribution >= 4 is 28.4 Å². The number of piperidine rings is 1. The van der Waals surface area contributed by atoms with Crippen LogP contribution in [0.5, 0.6) is 5.75 Å². The molecule has 4 nitrogen and oxygen atoms in total. The Morgan fingerprint density at radius 1 is 1.30 bits per heavy atom. The normalized spacial score (nSPS) is 21.4. The number of carbonyl (C=O) groups excluding carboxylic acids is 1. The number of aromatic nitrogens is 1. The maximum atomic E-state index is 12.4. The molecular formula is C18H21ClN2O2. The zero-order chi connectivity index (χ0) is 16.4. The van der Waals surface area contributed by atoms with Crippen LogP contribution in [0.15, 0.2) is 30.5 Å². The van der Waals surface area contributed by atoms with Crippen LogP contribution < -0.4 is 4.74 Å². The van der Waals surface area contributed by atoms with Crippen molar-refractivity contribution in [3.63, 3.8) is 0 Å². The van der Waals surface area contributed by atoms with Crippen LogP contribution in [0, 0.1) is 11.8 Å². The lowest BCUT2D eigenvalue weighted by Gasteiger charge is -2.34. The molecule has 0 aliphatic carbocycles. The van der Waals surface area contributed by atoms with Crippen molar-refractivity contribution in [2.45, 2.75) is 20.3 Å². The van der Waals surface area contributed by atoms with E-state index >= 15 is 0 Å². The summed E-state index contributed by atoms with van der Waals surface area (Å²) >= 11 is 6.17. The maximum absolute atomic E-state index is 12.4. The van der Waals surface area contributed by atoms with Gasteiger partial charge in [-0.05, 0) is 42.5 Å². The number of nitrogens with zero attached hydrogens (tertiary/aromatic N) is 2. The SMILES string of the molecule is C[C@@H]1C[C@H](C)CN(C(=O)COc2ccc(Cl)c3cccnc23)C1. The number of hydrogen-bond donors (Lipinski definition) is 0. The van der Waals surface area contributed by atoms with E-state index in [4.69, 9.17) is 16.3 Å². The van der Waals surface area contributed by atoms with E-state index in [1.165, 1.54) is 6.42 Å². The molecule has 3 rings (SSSR count). The number of fused-ring (bicyclic) bond motifs is 1. The molecule has 1 fully saturated rings. The quantitative estimate of drug-likeness (QED) is 0.859. The first-order chi connectivity index (χ1) is 11.0. The summed E-state index contributed by atoms with van der Waals surface area (Å²) in [7, 11) is 0. The van der Waals surface area contributed by atoms with Gasteiger partial charge in [0.2, 0.25) is 0 Å². The minimum Gasteiger partial charge on any atom is -0.481 e. The Balaban J connectivity index is 1.71. The van der Waals surface area contributed by atoms with Gasteiger partial charge in [-0.15, -0.1) is 0 Å². The Morgan fingerprint density at radius 2 is 2.04 bits per heavy atom. The molecule has 1 aliphatic heterocycles. The molecule has 1 amide bonds. The number of likely N-dealkylation sites (tertiary alicyclic amines) is 1. The van der Waals surface area contributed by atoms with Crippen LogP contribution in [0.2, 0.25) is 5.02 Å². The molecule has 0 bridgehead atoms. The van der Waals surface area contributed by atoms with Crippen molar-refractivity contribution in [3.05, 3.63) is 35.5 Å². The monoisotopic (exact) mass is 332 g/mol. The Morgan fingerprint density at radius 3 is 2.78 bits per heavy atom. The highest BCUT2D eigenvalue weighted by molar-refractivity contribution is 6.35. The lowest BCUT2D eigenvalue weighted by Crippen LogP contribution is -2.44. The molecule has 23 heavy (non-hydrogen) atoms. The number of pyridine rings is 1. The van der Waals surface area contributed by atoms with Crippen LogP contribution in [-0.4, -0.2) is 35.5 Å². The minimum absolute atomic E-state index is 0.0300. The number of halogens is 1. The summed E-state index contributed by atoms with van der Waals surface area (Å²) < 4.78 is 5.75. The first-order valence-electron chi connectivity index (χ1n) is 7.98. The fourth-order valence-corrected chi connectivity index (χ4v) is 3.54. The largest absolute Gasteiger partial charge is 0.481 e. The van der Waals surface area contributed by atoms with E-state index in [2.05, 4.69) is 18.8 Å². The van der Waals surface area contributed by atoms with Crippen LogP contribution in [0.3, 0.4) is 0 Å². The summed E-state index contributed by atoms with van der Waals surface area (Å²) in [5.41, 5.74) is 0.688. The van der Waals surface area contributed by atoms with Crippen molar-refractivity contribution in [2.75, 3.05) is 19.7 Å². The highest BCUT2D eigenvalue weighted by Gasteiger charge is 2.25. The predicted molar refractivity (Wildman–Crippen MR) is 91.8 cm³/mol. The van der Waals surface area contributed by atoms with Gasteiger partial charge >= 0.3 is 0 Å². The minimum atomic E-state index is 0.0300. The van der Waals surface area contributed by atoms with E-state index in [1.54, 1.807) is 18.3 Å². The third-order valence-electron chi connectivity index (χ3n) is 4.25. The summed E-state index contributed by atoms with van der Waals surface area (Å²) in [5.74, 6) is 1.71. The van der Waals surface area contributed by atoms with E-state index in [9.17, 15) is 4.79 Å². The molecule has 0 spiro atoms. The first kappa shape index (κ1) is 16.1. The van der Waals surface area contributed by atoms with Crippen LogP contribution >= 0.6 is 11.6 Å². The zero-order valence-electron chi connectivity index (χ0n) is 13.5. The second-order valence-corrected chi connectivity index (χ2v) is 6.89. The highest BCUT2D eigenvalue weighted by Crippen LogP contribution is 2.29. The summed E-state index contributed by atoms with van der Waals surface area (Å²) in [6, 6.07) is 7.27. The fraction of sp³-hybridized carbons (Fsp3) is 0.444. The van der Waals surface area contributed by atoms with Crippen molar-refractivity contribution in [1.29, 1.82) is 0 Å². The number of benzene rings is 1. The summed E-state index contributed by atoms with van der Waals surface area (Å²) in [6.45, 7) is 6.03. The van der Waals surface area contributed by atoms with Gasteiger partial charge in [0.05, 0.1) is 5.02 Å². The van der Waals surface area contributed by atoms with Crippen molar-refractivity contribution in [1.82, 2.24) is 9.88 Å². The Bertz CT molecular complexity index is 709. The predicted octanol–water partition coefficient (Wildman–Crippen LogP) is 3.77. The summed E-state index contributed by atoms with van der Waals surface area (Å²) in [5, 5.41) is 1.46. The fourth-order valence-electron chi connectivity index (χ4n) is 3.33. The molecule has 2 aromatic rings. The molecule has 2 atom stereocenters. The second-order valence-electron chi connectivity index (χ2n) is 6.48. The second kappa shape index (κ2) is 6.75. The van der Waals surface area contributed by atoms with E-state index in [-0.39, 0.29) is 12.5 Å². The van der Waals surface area contributed by atoms with Crippen molar-refractivity contribution in [2.24, 2.45) is 11.8 Å². The van der Waals surface area contributed by atoms with E-state index in [1.807, 2.05) is 17.0 Å². The molecule has 0 N–H and O–H groups in total. The molecule has 122 valence electrons. The molecular weight excluding hydrogens is 312 g/mol. The highest BCUT2D eigenvalue weighted by atomic mass is 35.5. The van der Waals surface area contributed by atoms with Crippen molar-refractivity contribution in [3.8, 4) is 5.75 Å². The Kier molecular flexibility index (Phi) is 4.71. The van der Waals surface area contributed by atoms with Crippen molar-refractivity contribution < 1.29 is 9.53 Å².